The summed E-state index contributed by atoms with van der Waals surface area (Å²) in [5.41, 5.74) is 14.0. The Morgan fingerprint density at radius 2 is 0.764 bits per heavy atom. The summed E-state index contributed by atoms with van der Waals surface area (Å²) in [6, 6.07) is 72.0. The van der Waals surface area contributed by atoms with Crippen molar-refractivity contribution in [2.24, 2.45) is 0 Å². The Hall–Kier alpha value is -10.9. The maximum Gasteiger partial charge on any atom is 0.189 e. The van der Waals surface area contributed by atoms with Crippen LogP contribution in [0.15, 0.2) is 200 Å². The fourth-order valence-corrected chi connectivity index (χ4v) is 9.97. The average Bonchev–Trinajstić information content (AvgIpc) is 3.97. The van der Waals surface area contributed by atoms with Crippen molar-refractivity contribution in [1.82, 2.24) is 19.1 Å². The molecule has 0 aliphatic rings. The summed E-state index contributed by atoms with van der Waals surface area (Å²) in [5, 5.41) is 34.7. The molecule has 330 valence electrons. The van der Waals surface area contributed by atoms with Crippen LogP contribution in [-0.4, -0.2) is 19.1 Å². The highest BCUT2D eigenvalue weighted by atomic mass is 15.0. The highest BCUT2D eigenvalue weighted by Crippen LogP contribution is 2.44. The molecule has 9 aromatic carbocycles. The molecule has 72 heavy (non-hydrogen) atoms. The number of nitriles is 3. The number of fused-ring (bicyclic) bond motifs is 6. The van der Waals surface area contributed by atoms with E-state index in [2.05, 4.69) is 85.6 Å². The van der Waals surface area contributed by atoms with Crippen LogP contribution in [-0.2, 0) is 0 Å². The normalized spacial score (nSPS) is 11.0. The number of benzene rings is 9. The SMILES string of the molecule is [C-]#[N+]c1cc(C#N)cc(-c2ccc3c(c2)c2ccccc2n3-c2cc(C#N)cc(-n3c4ccccc4c4cc(-c5cc(C#N)cc([N+]#[C-])c5)ccc43)c2-c2nc(-c3ccccc3)cc(-c3ccccc3)n2)c1. The number of para-hydroxylation sites is 2. The van der Waals surface area contributed by atoms with Gasteiger partial charge in [-0.25, -0.2) is 19.7 Å². The van der Waals surface area contributed by atoms with Gasteiger partial charge in [-0.05, 0) is 113 Å². The van der Waals surface area contributed by atoms with Crippen LogP contribution in [0, 0.1) is 47.1 Å². The van der Waals surface area contributed by atoms with E-state index in [-0.39, 0.29) is 0 Å². The van der Waals surface area contributed by atoms with Crippen LogP contribution in [0.3, 0.4) is 0 Å². The maximum absolute atomic E-state index is 11.1. The van der Waals surface area contributed by atoms with Crippen LogP contribution in [0.4, 0.5) is 11.4 Å². The van der Waals surface area contributed by atoms with Gasteiger partial charge in [0.25, 0.3) is 0 Å². The zero-order chi connectivity index (χ0) is 48.9. The van der Waals surface area contributed by atoms with Crippen molar-refractivity contribution in [3.05, 3.63) is 240 Å². The van der Waals surface area contributed by atoms with Gasteiger partial charge in [0.15, 0.2) is 17.2 Å². The predicted octanol–water partition coefficient (Wildman–Crippen LogP) is 15.7. The summed E-state index contributed by atoms with van der Waals surface area (Å²) in [7, 11) is 0. The quantitative estimate of drug-likeness (QED) is 0.148. The van der Waals surface area contributed by atoms with Crippen molar-refractivity contribution in [2.45, 2.75) is 0 Å². The van der Waals surface area contributed by atoms with Crippen LogP contribution >= 0.6 is 0 Å². The minimum atomic E-state index is 0.383. The lowest BCUT2D eigenvalue weighted by atomic mass is 10.00. The molecule has 0 spiro atoms. The highest BCUT2D eigenvalue weighted by molar-refractivity contribution is 6.13. The van der Waals surface area contributed by atoms with E-state index < -0.39 is 0 Å². The van der Waals surface area contributed by atoms with Gasteiger partial charge in [-0.2, -0.15) is 15.8 Å². The summed E-state index contributed by atoms with van der Waals surface area (Å²) in [4.78, 5) is 18.3. The van der Waals surface area contributed by atoms with Crippen molar-refractivity contribution in [3.8, 4) is 85.7 Å². The molecule has 3 aromatic heterocycles. The molecule has 0 aliphatic carbocycles. The molecule has 3 heterocycles. The van der Waals surface area contributed by atoms with Gasteiger partial charge in [0.2, 0.25) is 0 Å². The van der Waals surface area contributed by atoms with Crippen LogP contribution in [0.1, 0.15) is 16.7 Å². The molecular formula is C63H33N9. The van der Waals surface area contributed by atoms with E-state index in [1.165, 1.54) is 0 Å². The maximum atomic E-state index is 11.1. The third-order valence-electron chi connectivity index (χ3n) is 13.2. The minimum absolute atomic E-state index is 0.383. The standard InChI is InChI=1S/C63H33N9/c1-67-48-27-39(36-64)25-46(31-48)44-21-23-58-52(33-44)50-17-9-11-19-56(50)71(58)60-29-41(38-66)30-61(62(60)63-69-54(42-13-5-3-6-14-42)35-55(70-63)43-15-7-4-8-16-43)72-57-20-12-10-18-51(57)53-34-45(22-24-59(53)72)47-26-40(37-65)28-49(32-47)68-2/h3-35H. The summed E-state index contributed by atoms with van der Waals surface area (Å²) in [6.07, 6.45) is 0. The van der Waals surface area contributed by atoms with Crippen LogP contribution in [0.2, 0.25) is 0 Å². The van der Waals surface area contributed by atoms with Crippen LogP contribution in [0.25, 0.3) is 121 Å². The number of hydrogen-bond donors (Lipinski definition) is 0. The van der Waals surface area contributed by atoms with Crippen molar-refractivity contribution >= 4 is 55.0 Å². The van der Waals surface area contributed by atoms with E-state index in [1.807, 2.05) is 115 Å². The Bertz CT molecular complexity index is 4110. The molecule has 0 bridgehead atoms. The van der Waals surface area contributed by atoms with Gasteiger partial charge in [0.1, 0.15) is 0 Å². The summed E-state index contributed by atoms with van der Waals surface area (Å²) in [5.74, 6) is 0.440. The second kappa shape index (κ2) is 17.3. The molecule has 0 radical (unpaired) electrons. The second-order valence-electron chi connectivity index (χ2n) is 17.3. The molecule has 12 aromatic rings. The Balaban J connectivity index is 1.21. The highest BCUT2D eigenvalue weighted by Gasteiger charge is 2.26. The lowest BCUT2D eigenvalue weighted by Gasteiger charge is -2.21. The molecule has 12 rings (SSSR count). The molecular weight excluding hydrogens is 883 g/mol. The van der Waals surface area contributed by atoms with Gasteiger partial charge in [-0.3, -0.25) is 0 Å². The fourth-order valence-electron chi connectivity index (χ4n) is 9.97. The zero-order valence-corrected chi connectivity index (χ0v) is 38.1. The fraction of sp³-hybridized carbons (Fsp3) is 0. The van der Waals surface area contributed by atoms with Gasteiger partial charge < -0.3 is 9.13 Å². The van der Waals surface area contributed by atoms with Gasteiger partial charge >= 0.3 is 0 Å². The third kappa shape index (κ3) is 7.15. The average molecular weight is 916 g/mol. The molecule has 0 amide bonds. The summed E-state index contributed by atoms with van der Waals surface area (Å²) in [6.45, 7) is 15.5. The molecule has 0 aliphatic heterocycles. The Morgan fingerprint density at radius 1 is 0.361 bits per heavy atom. The summed E-state index contributed by atoms with van der Waals surface area (Å²) < 4.78 is 4.38. The van der Waals surface area contributed by atoms with E-state index in [0.717, 1.165) is 88.4 Å². The van der Waals surface area contributed by atoms with Gasteiger partial charge in [-0.15, -0.1) is 0 Å². The number of aromatic nitrogens is 4. The first-order valence-electron chi connectivity index (χ1n) is 22.9. The number of rotatable bonds is 7. The first kappa shape index (κ1) is 42.5. The third-order valence-corrected chi connectivity index (χ3v) is 13.2. The lowest BCUT2D eigenvalue weighted by molar-refractivity contribution is 1.10. The van der Waals surface area contributed by atoms with Crippen molar-refractivity contribution < 1.29 is 0 Å². The largest absolute Gasteiger partial charge is 0.308 e. The molecule has 0 fully saturated rings. The molecule has 0 saturated heterocycles. The number of hydrogen-bond acceptors (Lipinski definition) is 5. The topological polar surface area (TPSA) is 116 Å². The monoisotopic (exact) mass is 915 g/mol. The second-order valence-corrected chi connectivity index (χ2v) is 17.3. The van der Waals surface area contributed by atoms with Crippen molar-refractivity contribution in [3.63, 3.8) is 0 Å². The molecule has 0 atom stereocenters. The first-order valence-corrected chi connectivity index (χ1v) is 22.9. The molecule has 9 heteroatoms. The molecule has 9 nitrogen and oxygen atoms in total. The molecule has 0 unspecified atom stereocenters. The van der Waals surface area contributed by atoms with Crippen molar-refractivity contribution in [2.75, 3.05) is 0 Å². The van der Waals surface area contributed by atoms with Crippen molar-refractivity contribution in [1.29, 1.82) is 15.8 Å². The van der Waals surface area contributed by atoms with E-state index in [9.17, 15) is 15.8 Å². The first-order chi connectivity index (χ1) is 35.4. The lowest BCUT2D eigenvalue weighted by Crippen LogP contribution is -2.07. The van der Waals surface area contributed by atoms with E-state index in [0.29, 0.717) is 50.8 Å². The zero-order valence-electron chi connectivity index (χ0n) is 38.1. The van der Waals surface area contributed by atoms with E-state index in [4.69, 9.17) is 23.1 Å². The van der Waals surface area contributed by atoms with Crippen LogP contribution < -0.4 is 0 Å². The van der Waals surface area contributed by atoms with Gasteiger partial charge in [0.05, 0.1) is 87.3 Å². The Labute approximate surface area is 413 Å². The van der Waals surface area contributed by atoms with E-state index in [1.54, 1.807) is 36.4 Å². The predicted molar refractivity (Wildman–Crippen MR) is 285 cm³/mol. The number of nitrogens with zero attached hydrogens (tertiary/aromatic N) is 9. The molecule has 0 saturated carbocycles. The minimum Gasteiger partial charge on any atom is -0.308 e. The Kier molecular flexibility index (Phi) is 10.2. The Morgan fingerprint density at radius 3 is 1.19 bits per heavy atom. The molecule has 0 N–H and O–H groups in total. The van der Waals surface area contributed by atoms with E-state index >= 15 is 0 Å². The summed E-state index contributed by atoms with van der Waals surface area (Å²) >= 11 is 0. The van der Waals surface area contributed by atoms with Gasteiger partial charge in [-0.1, -0.05) is 109 Å². The smallest absolute Gasteiger partial charge is 0.189 e. The van der Waals surface area contributed by atoms with Gasteiger partial charge in [0, 0.05) is 43.8 Å². The van der Waals surface area contributed by atoms with Crippen LogP contribution in [0.5, 0.6) is 0 Å².